The Balaban J connectivity index is 2.59. The van der Waals surface area contributed by atoms with Crippen LogP contribution in [0.1, 0.15) is 11.4 Å². The van der Waals surface area contributed by atoms with E-state index in [4.69, 9.17) is 16.9 Å². The second-order valence-electron chi connectivity index (χ2n) is 2.99. The lowest BCUT2D eigenvalue weighted by Gasteiger charge is -2.04. The van der Waals surface area contributed by atoms with Crippen molar-refractivity contribution in [3.8, 4) is 11.9 Å². The van der Waals surface area contributed by atoms with E-state index < -0.39 is 0 Å². The Labute approximate surface area is 91.8 Å². The maximum absolute atomic E-state index is 8.79. The van der Waals surface area contributed by atoms with Crippen molar-refractivity contribution < 1.29 is 0 Å². The Hall–Kier alpha value is -1.86. The molecule has 0 spiro atoms. The maximum atomic E-state index is 8.79. The highest BCUT2D eigenvalue weighted by molar-refractivity contribution is 6.29. The molecule has 0 saturated carbocycles. The maximum Gasteiger partial charge on any atom is 0.141 e. The standard InChI is InChI=1S/C10H7ClN4/c1-7-13-2-3-15(7)10-5-8(6-12)4-9(11)14-10/h2-5H,1H3. The van der Waals surface area contributed by atoms with E-state index in [-0.39, 0.29) is 0 Å². The molecule has 2 aromatic rings. The average Bonchev–Trinajstić information content (AvgIpc) is 2.63. The van der Waals surface area contributed by atoms with Crippen molar-refractivity contribution in [3.05, 3.63) is 41.1 Å². The van der Waals surface area contributed by atoms with E-state index in [0.29, 0.717) is 16.5 Å². The Morgan fingerprint density at radius 3 is 2.87 bits per heavy atom. The number of halogens is 1. The molecule has 15 heavy (non-hydrogen) atoms. The van der Waals surface area contributed by atoms with Crippen molar-refractivity contribution >= 4 is 11.6 Å². The number of pyridine rings is 1. The summed E-state index contributed by atoms with van der Waals surface area (Å²) in [5, 5.41) is 9.09. The predicted molar refractivity (Wildman–Crippen MR) is 55.8 cm³/mol. The van der Waals surface area contributed by atoms with Gasteiger partial charge >= 0.3 is 0 Å². The molecule has 0 N–H and O–H groups in total. The van der Waals surface area contributed by atoms with Gasteiger partial charge in [-0.15, -0.1) is 0 Å². The number of aromatic nitrogens is 3. The first kappa shape index (κ1) is 9.69. The van der Waals surface area contributed by atoms with E-state index in [9.17, 15) is 0 Å². The molecule has 2 aromatic heterocycles. The van der Waals surface area contributed by atoms with Crippen LogP contribution >= 0.6 is 11.6 Å². The minimum absolute atomic E-state index is 0.303. The summed E-state index contributed by atoms with van der Waals surface area (Å²) in [7, 11) is 0. The van der Waals surface area contributed by atoms with Gasteiger partial charge in [-0.25, -0.2) is 9.97 Å². The van der Waals surface area contributed by atoms with Gasteiger partial charge in [0, 0.05) is 12.4 Å². The van der Waals surface area contributed by atoms with Crippen LogP contribution in [0.15, 0.2) is 24.5 Å². The zero-order chi connectivity index (χ0) is 10.8. The van der Waals surface area contributed by atoms with Crippen molar-refractivity contribution in [2.75, 3.05) is 0 Å². The fraction of sp³-hybridized carbons (Fsp3) is 0.100. The van der Waals surface area contributed by atoms with Crippen molar-refractivity contribution in [3.63, 3.8) is 0 Å². The van der Waals surface area contributed by atoms with Crippen molar-refractivity contribution in [2.24, 2.45) is 0 Å². The summed E-state index contributed by atoms with van der Waals surface area (Å²) in [6.07, 6.45) is 3.44. The minimum atomic E-state index is 0.303. The molecule has 4 nitrogen and oxygen atoms in total. The third kappa shape index (κ3) is 1.83. The smallest absolute Gasteiger partial charge is 0.141 e. The van der Waals surface area contributed by atoms with Crippen molar-refractivity contribution in [1.29, 1.82) is 5.26 Å². The molecule has 0 atom stereocenters. The Morgan fingerprint density at radius 1 is 1.47 bits per heavy atom. The van der Waals surface area contributed by atoms with E-state index in [1.807, 2.05) is 13.0 Å². The summed E-state index contributed by atoms with van der Waals surface area (Å²) in [5.41, 5.74) is 0.484. The largest absolute Gasteiger partial charge is 0.288 e. The van der Waals surface area contributed by atoms with Gasteiger partial charge in [0.25, 0.3) is 0 Å². The molecule has 0 saturated heterocycles. The van der Waals surface area contributed by atoms with Crippen LogP contribution < -0.4 is 0 Å². The Bertz CT molecular complexity index is 539. The van der Waals surface area contributed by atoms with Crippen LogP contribution in [0.4, 0.5) is 0 Å². The van der Waals surface area contributed by atoms with Gasteiger partial charge in [-0.3, -0.25) is 4.57 Å². The Kier molecular flexibility index (Phi) is 2.40. The van der Waals surface area contributed by atoms with Crippen LogP contribution in [0.25, 0.3) is 5.82 Å². The van der Waals surface area contributed by atoms with Gasteiger partial charge in [0.15, 0.2) is 0 Å². The highest BCUT2D eigenvalue weighted by atomic mass is 35.5. The molecule has 5 heteroatoms. The summed E-state index contributed by atoms with van der Waals surface area (Å²) >= 11 is 5.80. The molecule has 2 rings (SSSR count). The van der Waals surface area contributed by atoms with Crippen LogP contribution in [-0.4, -0.2) is 14.5 Å². The summed E-state index contributed by atoms with van der Waals surface area (Å²) in [6, 6.07) is 5.22. The highest BCUT2D eigenvalue weighted by Crippen LogP contribution is 2.14. The minimum Gasteiger partial charge on any atom is -0.288 e. The van der Waals surface area contributed by atoms with Gasteiger partial charge in [-0.05, 0) is 19.1 Å². The number of nitriles is 1. The van der Waals surface area contributed by atoms with Crippen LogP contribution in [0.5, 0.6) is 0 Å². The molecular formula is C10H7ClN4. The lowest BCUT2D eigenvalue weighted by molar-refractivity contribution is 0.932. The summed E-state index contributed by atoms with van der Waals surface area (Å²) < 4.78 is 1.77. The molecule has 0 aliphatic carbocycles. The second-order valence-corrected chi connectivity index (χ2v) is 3.38. The molecule has 74 valence electrons. The van der Waals surface area contributed by atoms with Crippen LogP contribution in [0.3, 0.4) is 0 Å². The molecule has 0 bridgehead atoms. The number of rotatable bonds is 1. The highest BCUT2D eigenvalue weighted by Gasteiger charge is 2.05. The van der Waals surface area contributed by atoms with Crippen molar-refractivity contribution in [2.45, 2.75) is 6.92 Å². The van der Waals surface area contributed by atoms with Gasteiger partial charge < -0.3 is 0 Å². The lowest BCUT2D eigenvalue weighted by atomic mass is 10.3. The quantitative estimate of drug-likeness (QED) is 0.689. The number of hydrogen-bond donors (Lipinski definition) is 0. The molecule has 0 fully saturated rings. The van der Waals surface area contributed by atoms with Gasteiger partial charge in [-0.2, -0.15) is 5.26 Å². The van der Waals surface area contributed by atoms with Gasteiger partial charge in [-0.1, -0.05) is 11.6 Å². The van der Waals surface area contributed by atoms with Crippen LogP contribution in [0, 0.1) is 18.3 Å². The predicted octanol–water partition coefficient (Wildman–Crippen LogP) is 2.10. The Morgan fingerprint density at radius 2 is 2.27 bits per heavy atom. The average molecular weight is 219 g/mol. The molecular weight excluding hydrogens is 212 g/mol. The normalized spacial score (nSPS) is 9.93. The van der Waals surface area contributed by atoms with E-state index in [2.05, 4.69) is 9.97 Å². The van der Waals surface area contributed by atoms with E-state index in [1.54, 1.807) is 23.0 Å². The molecule has 2 heterocycles. The third-order valence-corrected chi connectivity index (χ3v) is 2.18. The number of hydrogen-bond acceptors (Lipinski definition) is 3. The summed E-state index contributed by atoms with van der Waals surface area (Å²) in [5.74, 6) is 1.41. The van der Waals surface area contributed by atoms with E-state index >= 15 is 0 Å². The number of aryl methyl sites for hydroxylation is 1. The molecule has 0 unspecified atom stereocenters. The summed E-state index contributed by atoms with van der Waals surface area (Å²) in [6.45, 7) is 1.86. The summed E-state index contributed by atoms with van der Waals surface area (Å²) in [4.78, 5) is 8.20. The first-order valence-corrected chi connectivity index (χ1v) is 4.66. The van der Waals surface area contributed by atoms with Crippen molar-refractivity contribution in [1.82, 2.24) is 14.5 Å². The molecule has 0 aliphatic heterocycles. The first-order chi connectivity index (χ1) is 7.20. The van der Waals surface area contributed by atoms with E-state index in [1.165, 1.54) is 6.07 Å². The first-order valence-electron chi connectivity index (χ1n) is 4.29. The number of nitrogens with zero attached hydrogens (tertiary/aromatic N) is 4. The van der Waals surface area contributed by atoms with Crippen LogP contribution in [-0.2, 0) is 0 Å². The second kappa shape index (κ2) is 3.71. The van der Waals surface area contributed by atoms with Crippen LogP contribution in [0.2, 0.25) is 5.15 Å². The SMILES string of the molecule is Cc1nccn1-c1cc(C#N)cc(Cl)n1. The molecule has 0 aromatic carbocycles. The molecule has 0 amide bonds. The van der Waals surface area contributed by atoms with Gasteiger partial charge in [0.1, 0.15) is 16.8 Å². The fourth-order valence-corrected chi connectivity index (χ4v) is 1.50. The number of imidazole rings is 1. The van der Waals surface area contributed by atoms with E-state index in [0.717, 1.165) is 5.82 Å². The molecule has 0 radical (unpaired) electrons. The zero-order valence-corrected chi connectivity index (χ0v) is 8.73. The molecule has 0 aliphatic rings. The monoisotopic (exact) mass is 218 g/mol. The zero-order valence-electron chi connectivity index (χ0n) is 7.98. The topological polar surface area (TPSA) is 54.5 Å². The third-order valence-electron chi connectivity index (χ3n) is 1.98. The lowest BCUT2D eigenvalue weighted by Crippen LogP contribution is -1.99. The fourth-order valence-electron chi connectivity index (χ4n) is 1.29. The van der Waals surface area contributed by atoms with Gasteiger partial charge in [0.2, 0.25) is 0 Å². The van der Waals surface area contributed by atoms with Gasteiger partial charge in [0.05, 0.1) is 11.6 Å².